The van der Waals surface area contributed by atoms with Crippen LogP contribution in [0.4, 0.5) is 17.1 Å². The molecule has 174 valence electrons. The molecule has 0 fully saturated rings. The van der Waals surface area contributed by atoms with E-state index in [0.29, 0.717) is 0 Å². The Hall–Kier alpha value is -4.41. The van der Waals surface area contributed by atoms with Gasteiger partial charge in [0.05, 0.1) is 17.3 Å². The van der Waals surface area contributed by atoms with Gasteiger partial charge in [0, 0.05) is 28.2 Å². The van der Waals surface area contributed by atoms with Crippen LogP contribution in [0.2, 0.25) is 0 Å². The number of nitrogens with zero attached hydrogens (tertiary/aromatic N) is 2. The molecule has 0 aliphatic heterocycles. The van der Waals surface area contributed by atoms with E-state index in [2.05, 4.69) is 102 Å². The zero-order valence-corrected chi connectivity index (χ0v) is 20.7. The van der Waals surface area contributed by atoms with Crippen molar-refractivity contribution in [3.8, 4) is 27.4 Å². The maximum Gasteiger partial charge on any atom is 0.124 e. The van der Waals surface area contributed by atoms with Gasteiger partial charge in [-0.25, -0.2) is 4.98 Å². The molecule has 36 heavy (non-hydrogen) atoms. The first-order valence-corrected chi connectivity index (χ1v) is 12.7. The molecule has 6 aromatic rings. The first-order valence-electron chi connectivity index (χ1n) is 11.8. The smallest absolute Gasteiger partial charge is 0.124 e. The Morgan fingerprint density at radius 2 is 1.19 bits per heavy atom. The number of hydrogen-bond acceptors (Lipinski definition) is 4. The minimum absolute atomic E-state index is 0.843. The molecule has 0 spiro atoms. The van der Waals surface area contributed by atoms with Crippen LogP contribution in [0.1, 0.15) is 0 Å². The van der Waals surface area contributed by atoms with Crippen molar-refractivity contribution < 1.29 is 4.74 Å². The average molecular weight is 485 g/mol. The Morgan fingerprint density at radius 3 is 1.78 bits per heavy atom. The first kappa shape index (κ1) is 22.1. The second-order valence-corrected chi connectivity index (χ2v) is 9.46. The molecule has 0 N–H and O–H groups in total. The number of rotatable bonds is 6. The molecule has 0 saturated carbocycles. The third-order valence-electron chi connectivity index (χ3n) is 6.18. The minimum Gasteiger partial charge on any atom is -0.497 e. The maximum absolute atomic E-state index is 5.41. The maximum atomic E-state index is 5.41. The van der Waals surface area contributed by atoms with Crippen LogP contribution in [0.25, 0.3) is 31.9 Å². The Bertz CT molecular complexity index is 1560. The van der Waals surface area contributed by atoms with Crippen LogP contribution in [0.3, 0.4) is 0 Å². The van der Waals surface area contributed by atoms with Crippen molar-refractivity contribution in [3.63, 3.8) is 0 Å². The third-order valence-corrected chi connectivity index (χ3v) is 7.34. The van der Waals surface area contributed by atoms with Crippen LogP contribution >= 0.6 is 11.3 Å². The van der Waals surface area contributed by atoms with Gasteiger partial charge in [-0.15, -0.1) is 11.3 Å². The lowest BCUT2D eigenvalue weighted by molar-refractivity contribution is 0.415. The molecule has 0 bridgehead atoms. The highest BCUT2D eigenvalue weighted by Gasteiger charge is 2.18. The van der Waals surface area contributed by atoms with Gasteiger partial charge in [0.25, 0.3) is 0 Å². The van der Waals surface area contributed by atoms with Crippen molar-refractivity contribution in [3.05, 3.63) is 127 Å². The molecule has 0 amide bonds. The minimum atomic E-state index is 0.843. The summed E-state index contributed by atoms with van der Waals surface area (Å²) < 4.78 is 6.58. The van der Waals surface area contributed by atoms with Crippen molar-refractivity contribution in [2.75, 3.05) is 12.0 Å². The lowest BCUT2D eigenvalue weighted by Gasteiger charge is -2.26. The first-order chi connectivity index (χ1) is 17.8. The number of hydrogen-bond donors (Lipinski definition) is 0. The van der Waals surface area contributed by atoms with Crippen LogP contribution < -0.4 is 9.64 Å². The number of aromatic nitrogens is 1. The largest absolute Gasteiger partial charge is 0.497 e. The van der Waals surface area contributed by atoms with Crippen molar-refractivity contribution in [1.82, 2.24) is 4.98 Å². The lowest BCUT2D eigenvalue weighted by atomic mass is 10.0. The van der Waals surface area contributed by atoms with E-state index in [4.69, 9.17) is 9.72 Å². The SMILES string of the molecule is COc1ccc(-c2cc(N(c3ccccc3)c3ccccc3)cc3nc(-c4ccccc4)sc23)cc1. The van der Waals surface area contributed by atoms with E-state index < -0.39 is 0 Å². The van der Waals surface area contributed by atoms with Gasteiger partial charge in [-0.1, -0.05) is 78.9 Å². The Balaban J connectivity index is 1.60. The van der Waals surface area contributed by atoms with E-state index in [-0.39, 0.29) is 0 Å². The topological polar surface area (TPSA) is 25.4 Å². The van der Waals surface area contributed by atoms with Crippen LogP contribution in [0.5, 0.6) is 5.75 Å². The summed E-state index contributed by atoms with van der Waals surface area (Å²) in [7, 11) is 1.70. The highest BCUT2D eigenvalue weighted by atomic mass is 32.1. The van der Waals surface area contributed by atoms with Crippen LogP contribution in [-0.2, 0) is 0 Å². The number of anilines is 3. The van der Waals surface area contributed by atoms with Crippen LogP contribution in [0.15, 0.2) is 127 Å². The summed E-state index contributed by atoms with van der Waals surface area (Å²) in [6.45, 7) is 0. The molecule has 1 aromatic heterocycles. The monoisotopic (exact) mass is 484 g/mol. The molecule has 6 rings (SSSR count). The fourth-order valence-corrected chi connectivity index (χ4v) is 5.52. The van der Waals surface area contributed by atoms with Gasteiger partial charge in [-0.05, 0) is 54.1 Å². The number of benzene rings is 5. The second-order valence-electron chi connectivity index (χ2n) is 8.46. The molecule has 0 atom stereocenters. The van der Waals surface area contributed by atoms with Gasteiger partial charge in [-0.2, -0.15) is 0 Å². The molecule has 0 aliphatic carbocycles. The average Bonchev–Trinajstić information content (AvgIpc) is 3.39. The standard InChI is InChI=1S/C32H24N2OS/c1-35-28-19-17-23(18-20-28)29-21-27(22-30-31(29)36-32(33-30)24-11-5-2-6-12-24)34(25-13-7-3-8-14-25)26-15-9-4-10-16-26/h2-22H,1H3. The third kappa shape index (κ3) is 4.23. The summed E-state index contributed by atoms with van der Waals surface area (Å²) in [6, 6.07) is 44.1. The normalized spacial score (nSPS) is 10.9. The van der Waals surface area contributed by atoms with E-state index in [1.165, 1.54) is 4.70 Å². The van der Waals surface area contributed by atoms with E-state index >= 15 is 0 Å². The highest BCUT2D eigenvalue weighted by molar-refractivity contribution is 7.22. The molecule has 5 aromatic carbocycles. The Kier molecular flexibility index (Phi) is 5.94. The second kappa shape index (κ2) is 9.68. The summed E-state index contributed by atoms with van der Waals surface area (Å²) in [4.78, 5) is 7.39. The van der Waals surface area contributed by atoms with Crippen molar-refractivity contribution in [2.24, 2.45) is 0 Å². The number of thiazole rings is 1. The molecule has 0 unspecified atom stereocenters. The molecule has 1 heterocycles. The van der Waals surface area contributed by atoms with Gasteiger partial charge in [0.1, 0.15) is 10.8 Å². The van der Waals surface area contributed by atoms with Crippen LogP contribution in [0, 0.1) is 0 Å². The molecular formula is C32H24N2OS. The number of para-hydroxylation sites is 2. The molecule has 4 heteroatoms. The summed E-state index contributed by atoms with van der Waals surface area (Å²) in [6.07, 6.45) is 0. The van der Waals surface area contributed by atoms with E-state index in [1.54, 1.807) is 18.4 Å². The molecule has 3 nitrogen and oxygen atoms in total. The fourth-order valence-electron chi connectivity index (χ4n) is 4.44. The number of fused-ring (bicyclic) bond motifs is 1. The summed E-state index contributed by atoms with van der Waals surface area (Å²) in [5, 5.41) is 1.02. The summed E-state index contributed by atoms with van der Waals surface area (Å²) in [5.74, 6) is 0.843. The molecular weight excluding hydrogens is 460 g/mol. The van der Waals surface area contributed by atoms with Crippen molar-refractivity contribution in [1.29, 1.82) is 0 Å². The van der Waals surface area contributed by atoms with Gasteiger partial charge in [-0.3, -0.25) is 0 Å². The zero-order chi connectivity index (χ0) is 24.3. The van der Waals surface area contributed by atoms with E-state index in [1.807, 2.05) is 30.3 Å². The van der Waals surface area contributed by atoms with Gasteiger partial charge >= 0.3 is 0 Å². The quantitative estimate of drug-likeness (QED) is 0.236. The predicted octanol–water partition coefficient (Wildman–Crippen LogP) is 9.11. The highest BCUT2D eigenvalue weighted by Crippen LogP contribution is 2.43. The van der Waals surface area contributed by atoms with E-state index in [0.717, 1.165) is 50.0 Å². The van der Waals surface area contributed by atoms with E-state index in [9.17, 15) is 0 Å². The lowest BCUT2D eigenvalue weighted by Crippen LogP contribution is -2.09. The fraction of sp³-hybridized carbons (Fsp3) is 0.0312. The number of methoxy groups -OCH3 is 1. The van der Waals surface area contributed by atoms with Gasteiger partial charge < -0.3 is 9.64 Å². The van der Waals surface area contributed by atoms with Crippen molar-refractivity contribution >= 4 is 38.6 Å². The van der Waals surface area contributed by atoms with Crippen molar-refractivity contribution in [2.45, 2.75) is 0 Å². The zero-order valence-electron chi connectivity index (χ0n) is 19.8. The number of ether oxygens (including phenoxy) is 1. The van der Waals surface area contributed by atoms with Gasteiger partial charge in [0.2, 0.25) is 0 Å². The molecule has 0 radical (unpaired) electrons. The Labute approximate surface area is 214 Å². The Morgan fingerprint density at radius 1 is 0.611 bits per heavy atom. The summed E-state index contributed by atoms with van der Waals surface area (Å²) in [5.41, 5.74) is 7.66. The predicted molar refractivity (Wildman–Crippen MR) is 152 cm³/mol. The van der Waals surface area contributed by atoms with Crippen LogP contribution in [-0.4, -0.2) is 12.1 Å². The molecule has 0 saturated heterocycles. The molecule has 0 aliphatic rings. The summed E-state index contributed by atoms with van der Waals surface area (Å²) >= 11 is 1.73. The van der Waals surface area contributed by atoms with Gasteiger partial charge in [0.15, 0.2) is 0 Å².